The van der Waals surface area contributed by atoms with Gasteiger partial charge in [0.1, 0.15) is 0 Å². The van der Waals surface area contributed by atoms with E-state index in [9.17, 15) is 0 Å². The Bertz CT molecular complexity index is 420. The molecular formula is C18H29BO2. The molecule has 3 heteroatoms. The van der Waals surface area contributed by atoms with Crippen molar-refractivity contribution in [2.75, 3.05) is 0 Å². The predicted molar refractivity (Wildman–Crippen MR) is 86.0 cm³/mol. The van der Waals surface area contributed by atoms with Gasteiger partial charge >= 0.3 is 7.12 Å². The van der Waals surface area contributed by atoms with Gasteiger partial charge in [0.05, 0.1) is 11.2 Å². The Kier molecular flexibility index (Phi) is 3.15. The minimum Gasteiger partial charge on any atom is -0.403 e. The van der Waals surface area contributed by atoms with Crippen molar-refractivity contribution in [2.24, 2.45) is 23.7 Å². The van der Waals surface area contributed by atoms with Crippen LogP contribution in [0.4, 0.5) is 0 Å². The summed E-state index contributed by atoms with van der Waals surface area (Å²) in [4.78, 5) is 0. The van der Waals surface area contributed by atoms with E-state index in [1.165, 1.54) is 32.1 Å². The molecule has 4 bridgehead atoms. The summed E-state index contributed by atoms with van der Waals surface area (Å²) < 4.78 is 12.3. The van der Waals surface area contributed by atoms with Gasteiger partial charge in [0.25, 0.3) is 0 Å². The molecule has 0 aromatic rings. The van der Waals surface area contributed by atoms with E-state index < -0.39 is 0 Å². The molecule has 21 heavy (non-hydrogen) atoms. The lowest BCUT2D eigenvalue weighted by Crippen LogP contribution is -2.41. The highest BCUT2D eigenvalue weighted by Gasteiger charge is 2.51. The van der Waals surface area contributed by atoms with Crippen LogP contribution in [0.15, 0.2) is 11.6 Å². The summed E-state index contributed by atoms with van der Waals surface area (Å²) in [5.41, 5.74) is 1.37. The highest BCUT2D eigenvalue weighted by molar-refractivity contribution is 6.46. The van der Waals surface area contributed by atoms with E-state index in [2.05, 4.69) is 33.8 Å². The molecule has 1 saturated heterocycles. The van der Waals surface area contributed by atoms with Crippen molar-refractivity contribution >= 4 is 7.12 Å². The Labute approximate surface area is 129 Å². The second-order valence-electron chi connectivity index (χ2n) is 8.93. The number of hydrogen-bond acceptors (Lipinski definition) is 2. The molecule has 0 unspecified atom stereocenters. The van der Waals surface area contributed by atoms with E-state index >= 15 is 0 Å². The zero-order valence-electron chi connectivity index (χ0n) is 14.0. The zero-order chi connectivity index (χ0) is 14.8. The fourth-order valence-corrected chi connectivity index (χ4v) is 5.36. The quantitative estimate of drug-likeness (QED) is 0.551. The van der Waals surface area contributed by atoms with E-state index in [0.29, 0.717) is 0 Å². The SMILES string of the molecule is CC1(C)OB(CC=C2C3CC4CC(C3)CC2C4)OC1(C)C. The molecule has 0 spiro atoms. The van der Waals surface area contributed by atoms with Gasteiger partial charge in [-0.15, -0.1) is 0 Å². The first-order valence-corrected chi connectivity index (χ1v) is 8.89. The summed E-state index contributed by atoms with van der Waals surface area (Å²) in [6.07, 6.45) is 10.8. The third-order valence-electron chi connectivity index (χ3n) is 6.93. The molecule has 0 aromatic carbocycles. The van der Waals surface area contributed by atoms with Crippen LogP contribution in [0.2, 0.25) is 6.32 Å². The van der Waals surface area contributed by atoms with Crippen LogP contribution in [0.5, 0.6) is 0 Å². The Hall–Kier alpha value is -0.275. The molecule has 5 rings (SSSR count). The third-order valence-corrected chi connectivity index (χ3v) is 6.93. The molecule has 0 radical (unpaired) electrons. The van der Waals surface area contributed by atoms with Gasteiger partial charge in [0.15, 0.2) is 0 Å². The van der Waals surface area contributed by atoms with Crippen LogP contribution in [0, 0.1) is 23.7 Å². The van der Waals surface area contributed by atoms with Crippen molar-refractivity contribution in [1.82, 2.24) is 0 Å². The Balaban J connectivity index is 1.45. The summed E-state index contributed by atoms with van der Waals surface area (Å²) in [6.45, 7) is 8.57. The molecule has 4 aliphatic carbocycles. The minimum absolute atomic E-state index is 0.0558. The van der Waals surface area contributed by atoms with Crippen LogP contribution in [-0.4, -0.2) is 18.3 Å². The largest absolute Gasteiger partial charge is 0.461 e. The van der Waals surface area contributed by atoms with E-state index in [4.69, 9.17) is 9.31 Å². The molecule has 1 aliphatic heterocycles. The van der Waals surface area contributed by atoms with Crippen LogP contribution in [0.25, 0.3) is 0 Å². The first-order chi connectivity index (χ1) is 9.84. The maximum Gasteiger partial charge on any atom is 0.461 e. The summed E-state index contributed by atoms with van der Waals surface area (Å²) in [6, 6.07) is 0. The summed E-state index contributed by atoms with van der Waals surface area (Å²) in [5.74, 6) is 3.87. The first kappa shape index (κ1) is 14.3. The van der Waals surface area contributed by atoms with Gasteiger partial charge in [-0.3, -0.25) is 0 Å². The predicted octanol–water partition coefficient (Wildman–Crippen LogP) is 4.46. The van der Waals surface area contributed by atoms with Crippen molar-refractivity contribution in [3.63, 3.8) is 0 Å². The molecule has 0 N–H and O–H groups in total. The van der Waals surface area contributed by atoms with Gasteiger partial charge in [0, 0.05) is 6.32 Å². The van der Waals surface area contributed by atoms with Crippen molar-refractivity contribution in [1.29, 1.82) is 0 Å². The van der Waals surface area contributed by atoms with Gasteiger partial charge in [-0.2, -0.15) is 0 Å². The summed E-state index contributed by atoms with van der Waals surface area (Å²) in [5, 5.41) is 0. The molecule has 5 fully saturated rings. The number of rotatable bonds is 2. The van der Waals surface area contributed by atoms with Crippen molar-refractivity contribution in [3.8, 4) is 0 Å². The highest BCUT2D eigenvalue weighted by atomic mass is 16.7. The topological polar surface area (TPSA) is 18.5 Å². The van der Waals surface area contributed by atoms with E-state index in [-0.39, 0.29) is 18.3 Å². The molecule has 0 amide bonds. The Morgan fingerprint density at radius 2 is 1.38 bits per heavy atom. The number of hydrogen-bond donors (Lipinski definition) is 0. The van der Waals surface area contributed by atoms with Gasteiger partial charge in [-0.1, -0.05) is 11.6 Å². The van der Waals surface area contributed by atoms with Crippen LogP contribution in [0.1, 0.15) is 59.8 Å². The van der Waals surface area contributed by atoms with E-state index in [0.717, 1.165) is 30.0 Å². The smallest absolute Gasteiger partial charge is 0.403 e. The standard InChI is InChI=1S/C18H29BO2/c1-17(2)18(3,4)21-19(20-17)6-5-16-14-8-12-7-13(10-14)11-15(16)9-12/h5,12-15H,6-11H2,1-4H3. The minimum atomic E-state index is -0.194. The van der Waals surface area contributed by atoms with Gasteiger partial charge in [-0.05, 0) is 83.5 Å². The fourth-order valence-electron chi connectivity index (χ4n) is 5.36. The lowest BCUT2D eigenvalue weighted by atomic mass is 9.54. The van der Waals surface area contributed by atoms with E-state index in [1.54, 1.807) is 5.57 Å². The fraction of sp³-hybridized carbons (Fsp3) is 0.889. The monoisotopic (exact) mass is 288 g/mol. The maximum absolute atomic E-state index is 6.14. The van der Waals surface area contributed by atoms with Crippen LogP contribution in [-0.2, 0) is 9.31 Å². The molecule has 0 aromatic heterocycles. The second kappa shape index (κ2) is 4.61. The van der Waals surface area contributed by atoms with Crippen molar-refractivity contribution < 1.29 is 9.31 Å². The second-order valence-corrected chi connectivity index (χ2v) is 8.93. The lowest BCUT2D eigenvalue weighted by molar-refractivity contribution is 0.00578. The molecule has 1 heterocycles. The first-order valence-electron chi connectivity index (χ1n) is 8.89. The highest BCUT2D eigenvalue weighted by Crippen LogP contribution is 2.56. The van der Waals surface area contributed by atoms with Gasteiger partial charge in [0.2, 0.25) is 0 Å². The van der Waals surface area contributed by atoms with Crippen LogP contribution < -0.4 is 0 Å². The van der Waals surface area contributed by atoms with Crippen molar-refractivity contribution in [2.45, 2.75) is 77.3 Å². The molecule has 5 aliphatic rings. The molecule has 2 nitrogen and oxygen atoms in total. The van der Waals surface area contributed by atoms with Crippen molar-refractivity contribution in [3.05, 3.63) is 11.6 Å². The summed E-state index contributed by atoms with van der Waals surface area (Å²) >= 11 is 0. The van der Waals surface area contributed by atoms with E-state index in [1.807, 2.05) is 0 Å². The average molecular weight is 288 g/mol. The Morgan fingerprint density at radius 3 is 1.86 bits per heavy atom. The molecule has 4 saturated carbocycles. The Morgan fingerprint density at radius 1 is 0.905 bits per heavy atom. The van der Waals surface area contributed by atoms with Gasteiger partial charge < -0.3 is 9.31 Å². The van der Waals surface area contributed by atoms with Crippen LogP contribution in [0.3, 0.4) is 0 Å². The molecular weight excluding hydrogens is 259 g/mol. The van der Waals surface area contributed by atoms with Crippen LogP contribution >= 0.6 is 0 Å². The molecule has 116 valence electrons. The molecule has 0 atom stereocenters. The zero-order valence-corrected chi connectivity index (χ0v) is 14.0. The number of allylic oxidation sites excluding steroid dienone is 2. The lowest BCUT2D eigenvalue weighted by Gasteiger charge is -2.51. The normalized spacial score (nSPS) is 42.7. The van der Waals surface area contributed by atoms with Gasteiger partial charge in [-0.25, -0.2) is 0 Å². The maximum atomic E-state index is 6.14. The average Bonchev–Trinajstić information content (AvgIpc) is 2.56. The third kappa shape index (κ3) is 2.32. The summed E-state index contributed by atoms with van der Waals surface area (Å²) in [7, 11) is -0.0558.